The number of ether oxygens (including phenoxy) is 4. The maximum absolute atomic E-state index is 14.0. The van der Waals surface area contributed by atoms with E-state index in [0.29, 0.717) is 107 Å². The minimum Gasteiger partial charge on any atom is -0.455 e. The lowest BCUT2D eigenvalue weighted by Crippen LogP contribution is -2.47. The summed E-state index contributed by atoms with van der Waals surface area (Å²) in [6.45, 7) is 13.4. The van der Waals surface area contributed by atoms with Crippen molar-refractivity contribution in [3.63, 3.8) is 0 Å². The normalized spacial score (nSPS) is 17.2. The number of nitrogens with two attached hydrogens (primary N) is 3. The number of nitrogens with one attached hydrogen (secondary N) is 3. The molecule has 6 heterocycles. The fourth-order valence-corrected chi connectivity index (χ4v) is 14.8. The number of pyridine rings is 1. The van der Waals surface area contributed by atoms with E-state index in [1.165, 1.54) is 48.2 Å². The van der Waals surface area contributed by atoms with Crippen LogP contribution in [0.2, 0.25) is 0 Å². The van der Waals surface area contributed by atoms with E-state index in [9.17, 15) is 78.0 Å². The lowest BCUT2D eigenvalue weighted by Gasteiger charge is -2.39. The number of sulfone groups is 1. The van der Waals surface area contributed by atoms with Crippen LogP contribution in [0.25, 0.3) is 16.6 Å². The number of alkyl halides is 3. The number of H-pyrrole nitrogens is 1. The summed E-state index contributed by atoms with van der Waals surface area (Å²) in [4.78, 5) is 55.9. The molecule has 0 bridgehead atoms. The van der Waals surface area contributed by atoms with Gasteiger partial charge < -0.3 is 45.2 Å². The van der Waals surface area contributed by atoms with Gasteiger partial charge in [-0.05, 0) is 160 Å². The van der Waals surface area contributed by atoms with Gasteiger partial charge in [-0.2, -0.15) is 17.6 Å². The van der Waals surface area contributed by atoms with Crippen molar-refractivity contribution in [2.75, 3.05) is 93.7 Å². The number of aromatic nitrogens is 2. The number of primary sulfonamides is 2. The van der Waals surface area contributed by atoms with E-state index in [1.54, 1.807) is 43.5 Å². The first-order valence-corrected chi connectivity index (χ1v) is 38.2. The lowest BCUT2D eigenvalue weighted by atomic mass is 9.72. The molecule has 2 aromatic heterocycles. The van der Waals surface area contributed by atoms with E-state index in [4.69, 9.17) is 35.0 Å². The van der Waals surface area contributed by atoms with Crippen LogP contribution in [0.5, 0.6) is 11.5 Å². The van der Waals surface area contributed by atoms with Gasteiger partial charge in [0.2, 0.25) is 25.9 Å². The van der Waals surface area contributed by atoms with Gasteiger partial charge in [0.1, 0.15) is 34.3 Å². The molecule has 9 N–H and O–H groups in total. The number of nitrogens with zero attached hydrogens (tertiary/aromatic N) is 6. The Balaban J connectivity index is 0.000000249. The highest BCUT2D eigenvalue weighted by atomic mass is 32.2. The van der Waals surface area contributed by atoms with Gasteiger partial charge in [-0.15, -0.1) is 0 Å². The van der Waals surface area contributed by atoms with Crippen LogP contribution in [0.1, 0.15) is 98.7 Å². The van der Waals surface area contributed by atoms with Crippen LogP contribution in [-0.4, -0.2) is 157 Å². The second-order valence-electron chi connectivity index (χ2n) is 26.6. The molecule has 0 amide bonds. The number of halogens is 4. The highest BCUT2D eigenvalue weighted by Gasteiger charge is 2.35. The number of hydrogen-bond acceptors (Lipinski definition) is 23. The monoisotopic (exact) mass is 1520 g/mol. The Hall–Kier alpha value is -9.11. The Kier molecular flexibility index (Phi) is 26.2. The summed E-state index contributed by atoms with van der Waals surface area (Å²) in [6.07, 6.45) is 6.31. The smallest absolute Gasteiger partial charge is 0.416 e. The number of anilines is 3. The molecule has 0 atom stereocenters. The van der Waals surface area contributed by atoms with Crippen molar-refractivity contribution in [2.24, 2.45) is 21.4 Å². The van der Waals surface area contributed by atoms with Gasteiger partial charge in [0.15, 0.2) is 15.6 Å². The number of Topliss-reactive ketones (excluding diaryl/α,β-unsaturated/α-hetero) is 1. The van der Waals surface area contributed by atoms with Crippen LogP contribution in [0.4, 0.5) is 51.7 Å². The first-order chi connectivity index (χ1) is 49.5. The number of hydrogen-bond donors (Lipinski definition) is 6. The first-order valence-electron chi connectivity index (χ1n) is 33.5. The molecule has 5 aliphatic rings. The zero-order chi connectivity index (χ0) is 76.2. The van der Waals surface area contributed by atoms with Crippen LogP contribution in [0, 0.1) is 48.5 Å². The largest absolute Gasteiger partial charge is 0.455 e. The van der Waals surface area contributed by atoms with E-state index >= 15 is 0 Å². The number of sulfonamides is 2. The zero-order valence-corrected chi connectivity index (χ0v) is 60.1. The van der Waals surface area contributed by atoms with Crippen LogP contribution >= 0.6 is 0 Å². The molecule has 0 unspecified atom stereocenters. The highest BCUT2D eigenvalue weighted by molar-refractivity contribution is 7.92. The molecule has 1 aliphatic carbocycles. The Morgan fingerprint density at radius 1 is 0.695 bits per heavy atom. The van der Waals surface area contributed by atoms with Crippen molar-refractivity contribution in [3.05, 3.63) is 180 Å². The summed E-state index contributed by atoms with van der Waals surface area (Å²) in [5.41, 5.74) is 9.03. The number of carbonyl (C=O) groups excluding carboxylic acids is 1. The van der Waals surface area contributed by atoms with Gasteiger partial charge >= 0.3 is 11.9 Å². The number of piperazine rings is 1. The highest BCUT2D eigenvalue weighted by Crippen LogP contribution is 2.45. The number of benzene rings is 5. The molecule has 0 spiro atoms. The molecule has 0 saturated carbocycles. The van der Waals surface area contributed by atoms with Gasteiger partial charge in [-0.3, -0.25) is 40.0 Å². The molecule has 4 aliphatic heterocycles. The second-order valence-corrected chi connectivity index (χ2v) is 31.7. The summed E-state index contributed by atoms with van der Waals surface area (Å²) < 4.78 is 147. The number of rotatable bonds is 19. The predicted molar refractivity (Wildman–Crippen MR) is 383 cm³/mol. The number of ketones is 1. The molecule has 105 heavy (non-hydrogen) atoms. The molecule has 0 radical (unpaired) electrons. The van der Waals surface area contributed by atoms with Crippen molar-refractivity contribution < 1.29 is 81.3 Å². The van der Waals surface area contributed by atoms with Gasteiger partial charge in [0, 0.05) is 132 Å². The maximum Gasteiger partial charge on any atom is 0.416 e. The first kappa shape index (κ1) is 80.0. The Morgan fingerprint density at radius 2 is 1.23 bits per heavy atom. The Morgan fingerprint density at radius 3 is 1.75 bits per heavy atom. The summed E-state index contributed by atoms with van der Waals surface area (Å²) in [5.74, 6) is -2.36. The topological polar surface area (TPSA) is 423 Å². The van der Waals surface area contributed by atoms with E-state index < -0.39 is 90.0 Å². The zero-order valence-electron chi connectivity index (χ0n) is 57.6. The van der Waals surface area contributed by atoms with Crippen LogP contribution < -0.4 is 36.3 Å². The molecule has 4 fully saturated rings. The summed E-state index contributed by atoms with van der Waals surface area (Å²) >= 11 is 0. The van der Waals surface area contributed by atoms with Gasteiger partial charge in [-0.25, -0.2) is 40.5 Å². The Labute approximate surface area is 603 Å². The average Bonchev–Trinajstić information content (AvgIpc) is 0.899. The van der Waals surface area contributed by atoms with Gasteiger partial charge in [0.05, 0.1) is 46.8 Å². The van der Waals surface area contributed by atoms with E-state index in [2.05, 4.69) is 44.2 Å². The number of carbonyl (C=O) groups is 1. The summed E-state index contributed by atoms with van der Waals surface area (Å²) in [7, 11) is -12.4. The maximum atomic E-state index is 14.0. The minimum atomic E-state index is -4.41. The van der Waals surface area contributed by atoms with Crippen molar-refractivity contribution in [3.8, 4) is 11.5 Å². The molecular weight excluding hydrogens is 1440 g/mol. The average molecular weight is 1520 g/mol. The number of nitro groups is 3. The summed E-state index contributed by atoms with van der Waals surface area (Å²) in [5, 5.41) is 50.0. The van der Waals surface area contributed by atoms with Crippen LogP contribution in [-0.2, 0) is 50.3 Å². The molecule has 36 heteroatoms. The number of allylic oxidation sites excluding steroid dienone is 1. The van der Waals surface area contributed by atoms with Crippen LogP contribution in [0.3, 0.4) is 0 Å². The van der Waals surface area contributed by atoms with Crippen molar-refractivity contribution in [1.82, 2.24) is 14.9 Å². The number of fused-ring (bicyclic) bond motifs is 1. The molecule has 7 aromatic rings. The fraction of sp³-hybridized carbons (Fsp3) is 0.420. The molecular formula is C69H82F4N12O17S3. The van der Waals surface area contributed by atoms with Gasteiger partial charge in [0.25, 0.3) is 11.4 Å². The third-order valence-corrected chi connectivity index (χ3v) is 21.7. The van der Waals surface area contributed by atoms with Crippen molar-refractivity contribution in [2.45, 2.75) is 118 Å². The number of aryl methyl sites for hydroxylation is 1. The molecule has 4 saturated heterocycles. The van der Waals surface area contributed by atoms with Crippen molar-refractivity contribution in [1.29, 1.82) is 0 Å². The van der Waals surface area contributed by atoms with Crippen LogP contribution in [0.15, 0.2) is 136 Å². The summed E-state index contributed by atoms with van der Waals surface area (Å²) in [6, 6.07) is 22.4. The quantitative estimate of drug-likeness (QED) is 0.0189. The van der Waals surface area contributed by atoms with E-state index in [0.717, 1.165) is 98.6 Å². The predicted octanol–water partition coefficient (Wildman–Crippen LogP) is 11.0. The van der Waals surface area contributed by atoms with Gasteiger partial charge in [-0.1, -0.05) is 25.5 Å². The fourth-order valence-electron chi connectivity index (χ4n) is 12.5. The number of nitro benzene ring substituents is 3. The minimum absolute atomic E-state index is 0.0162. The third kappa shape index (κ3) is 22.0. The molecule has 29 nitrogen and oxygen atoms in total. The SMILES string of the molecule is Cc1cc(C(F)(F)F)ccc1C1=C(CN2CCN(c3ccc(C(=O)CS(=O)(=O)c4ccc(NC5CCOCC5)c([N+](=O)[O-])c4)c(Oc4cnc5[nH]ccc5c4)c3)CC2)CCC(C)(C)C1.NC1CCOCC1.NS(=O)(=O)c1ccc(F)c([N+](=O)[O-])c1.NS(=O)(=O)c1ccc(NC2CCOCC2)c([N+](=O)[O-])c1. The Bertz CT molecular complexity index is 4710. The van der Waals surface area contributed by atoms with E-state index in [-0.39, 0.29) is 55.7 Å². The standard InChI is InChI=1S/C47H51F3N6O7S.C11H15N3O5S.C6H5FN2O4S.C5H11NO/c1-30-22-33(47(48,49)50)4-7-38(30)40-26-46(2,3)14-10-32(40)28-54-16-18-55(19-17-54)35-5-8-39(44(24-35)63-36-23-31-11-15-51-45(31)52-27-36)43(57)29-64(60,61)37-6-9-41(42(25-37)56(58)59)53-34-12-20-62-21-13-34;12-20(17,18)9-1-2-10(11(7-9)14(15)16)13-8-3-5-19-6-4-8;7-5-2-1-4(14(8,12)13)3-6(5)9(10)11;6-5-1-3-7-4-2-5/h4-9,11,15,22-25,27,34,53H,10,12-14,16-21,26,28-29H2,1-3H3,(H,51,52);1-2,7-8,13H,3-6H2,(H2,12,17,18);1-3H,(H2,8,12,13);5H,1-4,6H2. The molecule has 12 rings (SSSR count). The second kappa shape index (κ2) is 34.4. The molecule has 566 valence electrons. The van der Waals surface area contributed by atoms with E-state index in [1.807, 2.05) is 6.07 Å². The lowest BCUT2D eigenvalue weighted by molar-refractivity contribution is -0.387. The molecule has 5 aromatic carbocycles. The van der Waals surface area contributed by atoms with Crippen molar-refractivity contribution >= 4 is 86.4 Å². The number of aromatic amines is 1. The third-order valence-electron chi connectivity index (χ3n) is 18.3.